The summed E-state index contributed by atoms with van der Waals surface area (Å²) in [7, 11) is 0. The number of nitrogens with one attached hydrogen (secondary N) is 2. The van der Waals surface area contributed by atoms with Crippen LogP contribution >= 0.6 is 11.6 Å². The van der Waals surface area contributed by atoms with Gasteiger partial charge >= 0.3 is 6.03 Å². The summed E-state index contributed by atoms with van der Waals surface area (Å²) in [5, 5.41) is 4.74. The van der Waals surface area contributed by atoms with Gasteiger partial charge < -0.3 is 14.8 Å². The normalized spacial score (nSPS) is 9.86. The number of rotatable bonds is 7. The highest BCUT2D eigenvalue weighted by molar-refractivity contribution is 6.19. The molecule has 6 nitrogen and oxygen atoms in total. The minimum absolute atomic E-state index is 0.0757. The van der Waals surface area contributed by atoms with Gasteiger partial charge in [-0.1, -0.05) is 0 Å². The van der Waals surface area contributed by atoms with E-state index in [1.54, 1.807) is 18.2 Å². The summed E-state index contributed by atoms with van der Waals surface area (Å²) in [5.74, 6) is 0.814. The summed E-state index contributed by atoms with van der Waals surface area (Å²) < 4.78 is 10.8. The number of amides is 3. The summed E-state index contributed by atoms with van der Waals surface area (Å²) in [6.45, 7) is 4.66. The average molecular weight is 315 g/mol. The van der Waals surface area contributed by atoms with Gasteiger partial charge in [0.25, 0.3) is 0 Å². The topological polar surface area (TPSA) is 76.7 Å². The lowest BCUT2D eigenvalue weighted by molar-refractivity contribution is -0.119. The van der Waals surface area contributed by atoms with Crippen molar-refractivity contribution in [3.05, 3.63) is 18.2 Å². The number of alkyl halides is 1. The molecule has 0 fully saturated rings. The molecule has 1 aromatic carbocycles. The molecule has 0 aliphatic rings. The number of carbonyl (C=O) groups excluding carboxylic acids is 2. The van der Waals surface area contributed by atoms with Crippen LogP contribution in [0.5, 0.6) is 11.5 Å². The molecule has 0 spiro atoms. The zero-order valence-electron chi connectivity index (χ0n) is 12.1. The number of urea groups is 1. The SMILES string of the molecule is CCOc1ccc(OCC)c(NC(=O)NC(=O)CCCl)c1. The van der Waals surface area contributed by atoms with Crippen molar-refractivity contribution in [1.82, 2.24) is 5.32 Å². The van der Waals surface area contributed by atoms with Crippen LogP contribution in [-0.4, -0.2) is 31.0 Å². The van der Waals surface area contributed by atoms with Gasteiger partial charge in [0.05, 0.1) is 18.9 Å². The minimum atomic E-state index is -0.639. The lowest BCUT2D eigenvalue weighted by Crippen LogP contribution is -2.34. The third-order valence-corrected chi connectivity index (χ3v) is 2.57. The van der Waals surface area contributed by atoms with Gasteiger partial charge in [-0.05, 0) is 26.0 Å². The summed E-state index contributed by atoms with van der Waals surface area (Å²) in [6, 6.07) is 4.45. The van der Waals surface area contributed by atoms with E-state index in [0.717, 1.165) is 0 Å². The van der Waals surface area contributed by atoms with Crippen molar-refractivity contribution >= 4 is 29.2 Å². The molecule has 0 unspecified atom stereocenters. The zero-order valence-corrected chi connectivity index (χ0v) is 12.8. The van der Waals surface area contributed by atoms with Crippen LogP contribution in [0.3, 0.4) is 0 Å². The quantitative estimate of drug-likeness (QED) is 0.759. The van der Waals surface area contributed by atoms with Crippen molar-refractivity contribution in [2.24, 2.45) is 0 Å². The molecule has 116 valence electrons. The van der Waals surface area contributed by atoms with Gasteiger partial charge in [-0.15, -0.1) is 11.6 Å². The van der Waals surface area contributed by atoms with Crippen LogP contribution in [0.1, 0.15) is 20.3 Å². The molecule has 2 N–H and O–H groups in total. The van der Waals surface area contributed by atoms with E-state index < -0.39 is 11.9 Å². The van der Waals surface area contributed by atoms with Crippen molar-refractivity contribution in [3.8, 4) is 11.5 Å². The van der Waals surface area contributed by atoms with Crippen LogP contribution in [0.25, 0.3) is 0 Å². The molecule has 1 aromatic rings. The Morgan fingerprint density at radius 3 is 2.52 bits per heavy atom. The van der Waals surface area contributed by atoms with Crippen molar-refractivity contribution in [3.63, 3.8) is 0 Å². The molecule has 3 amide bonds. The van der Waals surface area contributed by atoms with E-state index in [1.807, 2.05) is 13.8 Å². The summed E-state index contributed by atoms with van der Waals surface area (Å²) in [6.07, 6.45) is 0.0757. The van der Waals surface area contributed by atoms with Crippen LogP contribution in [0.15, 0.2) is 18.2 Å². The van der Waals surface area contributed by atoms with E-state index in [-0.39, 0.29) is 12.3 Å². The maximum absolute atomic E-state index is 11.7. The number of benzene rings is 1. The first kappa shape index (κ1) is 17.1. The second-order valence-corrected chi connectivity index (χ2v) is 4.34. The maximum atomic E-state index is 11.7. The number of ether oxygens (including phenoxy) is 2. The molecular formula is C14H19ClN2O4. The number of anilines is 1. The Bertz CT molecular complexity index is 494. The van der Waals surface area contributed by atoms with E-state index >= 15 is 0 Å². The molecule has 1 rings (SSSR count). The molecule has 0 heterocycles. The van der Waals surface area contributed by atoms with Crippen LogP contribution in [0.2, 0.25) is 0 Å². The average Bonchev–Trinajstić information content (AvgIpc) is 2.42. The van der Waals surface area contributed by atoms with E-state index in [9.17, 15) is 9.59 Å². The minimum Gasteiger partial charge on any atom is -0.494 e. The molecule has 21 heavy (non-hydrogen) atoms. The standard InChI is InChI=1S/C14H19ClN2O4/c1-3-20-10-5-6-12(21-4-2)11(9-10)16-14(19)17-13(18)7-8-15/h5-6,9H,3-4,7-8H2,1-2H3,(H2,16,17,18,19). The van der Waals surface area contributed by atoms with E-state index in [0.29, 0.717) is 30.4 Å². The predicted molar refractivity (Wildman–Crippen MR) is 81.3 cm³/mol. The fraction of sp³-hybridized carbons (Fsp3) is 0.429. The van der Waals surface area contributed by atoms with Crippen LogP contribution in [0, 0.1) is 0 Å². The van der Waals surface area contributed by atoms with Gasteiger partial charge in [0.1, 0.15) is 11.5 Å². The summed E-state index contributed by atoms with van der Waals surface area (Å²) in [5.41, 5.74) is 0.430. The molecule has 0 atom stereocenters. The number of hydrogen-bond donors (Lipinski definition) is 2. The second-order valence-electron chi connectivity index (χ2n) is 3.97. The van der Waals surface area contributed by atoms with Crippen molar-refractivity contribution < 1.29 is 19.1 Å². The van der Waals surface area contributed by atoms with Crippen molar-refractivity contribution in [1.29, 1.82) is 0 Å². The second kappa shape index (κ2) is 9.07. The lowest BCUT2D eigenvalue weighted by Gasteiger charge is -2.13. The first-order valence-electron chi connectivity index (χ1n) is 6.67. The van der Waals surface area contributed by atoms with Gasteiger partial charge in [0, 0.05) is 18.4 Å². The lowest BCUT2D eigenvalue weighted by atomic mass is 10.2. The van der Waals surface area contributed by atoms with E-state index in [1.165, 1.54) is 0 Å². The fourth-order valence-corrected chi connectivity index (χ4v) is 1.74. The fourth-order valence-electron chi connectivity index (χ4n) is 1.57. The Labute approximate surface area is 128 Å². The van der Waals surface area contributed by atoms with Gasteiger partial charge in [0.15, 0.2) is 0 Å². The summed E-state index contributed by atoms with van der Waals surface area (Å²) >= 11 is 5.43. The third kappa shape index (κ3) is 5.91. The molecule has 0 saturated carbocycles. The number of carbonyl (C=O) groups is 2. The van der Waals surface area contributed by atoms with Gasteiger partial charge in [-0.25, -0.2) is 4.79 Å². The monoisotopic (exact) mass is 314 g/mol. The van der Waals surface area contributed by atoms with E-state index in [2.05, 4.69) is 10.6 Å². The van der Waals surface area contributed by atoms with E-state index in [4.69, 9.17) is 21.1 Å². The van der Waals surface area contributed by atoms with Gasteiger partial charge in [-0.2, -0.15) is 0 Å². The Hall–Kier alpha value is -1.95. The number of hydrogen-bond acceptors (Lipinski definition) is 4. The third-order valence-electron chi connectivity index (χ3n) is 2.38. The Kier molecular flexibility index (Phi) is 7.39. The first-order chi connectivity index (χ1) is 10.1. The Morgan fingerprint density at radius 1 is 1.19 bits per heavy atom. The highest BCUT2D eigenvalue weighted by Gasteiger charge is 2.12. The number of halogens is 1. The van der Waals surface area contributed by atoms with Crippen molar-refractivity contribution in [2.45, 2.75) is 20.3 Å². The van der Waals surface area contributed by atoms with Gasteiger partial charge in [-0.3, -0.25) is 10.1 Å². The predicted octanol–water partition coefficient (Wildman–Crippen LogP) is 2.76. The Morgan fingerprint density at radius 2 is 1.90 bits per heavy atom. The molecular weight excluding hydrogens is 296 g/mol. The molecule has 0 aliphatic carbocycles. The highest BCUT2D eigenvalue weighted by Crippen LogP contribution is 2.29. The highest BCUT2D eigenvalue weighted by atomic mass is 35.5. The molecule has 0 saturated heterocycles. The van der Waals surface area contributed by atoms with Crippen LogP contribution in [0.4, 0.5) is 10.5 Å². The smallest absolute Gasteiger partial charge is 0.325 e. The molecule has 0 bridgehead atoms. The Balaban J connectivity index is 2.80. The number of imide groups is 1. The maximum Gasteiger partial charge on any atom is 0.325 e. The molecule has 0 radical (unpaired) electrons. The molecule has 0 aliphatic heterocycles. The van der Waals surface area contributed by atoms with Crippen LogP contribution < -0.4 is 20.1 Å². The molecule has 7 heteroatoms. The summed E-state index contributed by atoms with van der Waals surface area (Å²) in [4.78, 5) is 23.1. The largest absolute Gasteiger partial charge is 0.494 e. The first-order valence-corrected chi connectivity index (χ1v) is 7.20. The van der Waals surface area contributed by atoms with Crippen LogP contribution in [-0.2, 0) is 4.79 Å². The molecule has 0 aromatic heterocycles. The van der Waals surface area contributed by atoms with Crippen molar-refractivity contribution in [2.75, 3.05) is 24.4 Å². The zero-order chi connectivity index (χ0) is 15.7. The van der Waals surface area contributed by atoms with Gasteiger partial charge in [0.2, 0.25) is 5.91 Å².